The summed E-state index contributed by atoms with van der Waals surface area (Å²) in [5, 5.41) is 3.77. The summed E-state index contributed by atoms with van der Waals surface area (Å²) in [5.41, 5.74) is 0.947. The fourth-order valence-corrected chi connectivity index (χ4v) is 5.96. The lowest BCUT2D eigenvalue weighted by Gasteiger charge is -2.43. The SMILES string of the molecule is CN(C)S(=O)(=O)N1CCCCC[C@@H]2N[C@H](Cc3ccccc3)C[C@@]21C. The van der Waals surface area contributed by atoms with Crippen LogP contribution in [-0.2, 0) is 16.6 Å². The Hall–Kier alpha value is -0.950. The van der Waals surface area contributed by atoms with Crippen molar-refractivity contribution in [3.8, 4) is 0 Å². The number of benzene rings is 1. The molecular formula is C19H31N3O2S. The zero-order valence-electron chi connectivity index (χ0n) is 15.6. The molecule has 1 N–H and O–H groups in total. The summed E-state index contributed by atoms with van der Waals surface area (Å²) in [6.45, 7) is 2.76. The molecule has 140 valence electrons. The molecule has 0 aliphatic carbocycles. The topological polar surface area (TPSA) is 52.7 Å². The molecule has 0 unspecified atom stereocenters. The van der Waals surface area contributed by atoms with Crippen molar-refractivity contribution in [3.05, 3.63) is 35.9 Å². The van der Waals surface area contributed by atoms with E-state index in [-0.39, 0.29) is 11.6 Å². The van der Waals surface area contributed by atoms with E-state index in [1.165, 1.54) is 16.3 Å². The Morgan fingerprint density at radius 1 is 1.20 bits per heavy atom. The minimum absolute atomic E-state index is 0.219. The molecule has 2 saturated heterocycles. The predicted molar refractivity (Wildman–Crippen MR) is 102 cm³/mol. The van der Waals surface area contributed by atoms with Crippen molar-refractivity contribution in [2.75, 3.05) is 20.6 Å². The molecule has 3 atom stereocenters. The molecule has 1 aromatic rings. The maximum absolute atomic E-state index is 13.0. The minimum atomic E-state index is -3.42. The number of nitrogens with zero attached hydrogens (tertiary/aromatic N) is 2. The molecule has 0 amide bonds. The normalized spacial score (nSPS) is 31.5. The molecule has 0 spiro atoms. The van der Waals surface area contributed by atoms with E-state index in [2.05, 4.69) is 36.5 Å². The van der Waals surface area contributed by atoms with Gasteiger partial charge >= 0.3 is 0 Å². The summed E-state index contributed by atoms with van der Waals surface area (Å²) in [7, 11) is -0.151. The maximum Gasteiger partial charge on any atom is 0.282 e. The third-order valence-electron chi connectivity index (χ3n) is 5.84. The summed E-state index contributed by atoms with van der Waals surface area (Å²) in [6, 6.07) is 11.0. The molecule has 2 fully saturated rings. The first kappa shape index (κ1) is 18.8. The molecule has 2 heterocycles. The first-order valence-corrected chi connectivity index (χ1v) is 10.7. The Bertz CT molecular complexity index is 677. The van der Waals surface area contributed by atoms with Gasteiger partial charge in [-0.05, 0) is 38.2 Å². The van der Waals surface area contributed by atoms with Crippen molar-refractivity contribution in [1.29, 1.82) is 0 Å². The van der Waals surface area contributed by atoms with Gasteiger partial charge in [0.25, 0.3) is 10.2 Å². The molecule has 0 bridgehead atoms. The first-order chi connectivity index (χ1) is 11.8. The maximum atomic E-state index is 13.0. The predicted octanol–water partition coefficient (Wildman–Crippen LogP) is 2.40. The summed E-state index contributed by atoms with van der Waals surface area (Å²) >= 11 is 0. The van der Waals surface area contributed by atoms with Crippen LogP contribution in [0, 0.1) is 0 Å². The lowest BCUT2D eigenvalue weighted by Crippen LogP contribution is -2.59. The van der Waals surface area contributed by atoms with Crippen molar-refractivity contribution >= 4 is 10.2 Å². The Labute approximate surface area is 152 Å². The number of fused-ring (bicyclic) bond motifs is 1. The van der Waals surface area contributed by atoms with E-state index in [0.717, 1.165) is 32.1 Å². The van der Waals surface area contributed by atoms with Gasteiger partial charge in [0, 0.05) is 32.7 Å². The van der Waals surface area contributed by atoms with Crippen LogP contribution in [-0.4, -0.2) is 55.3 Å². The van der Waals surface area contributed by atoms with Crippen LogP contribution in [0.2, 0.25) is 0 Å². The van der Waals surface area contributed by atoms with Crippen LogP contribution >= 0.6 is 0 Å². The number of rotatable bonds is 4. The van der Waals surface area contributed by atoms with Gasteiger partial charge in [-0.2, -0.15) is 17.0 Å². The quantitative estimate of drug-likeness (QED) is 0.891. The number of hydrogen-bond donors (Lipinski definition) is 1. The van der Waals surface area contributed by atoms with E-state index in [9.17, 15) is 8.42 Å². The molecule has 0 radical (unpaired) electrons. The van der Waals surface area contributed by atoms with Gasteiger partial charge in [0.15, 0.2) is 0 Å². The minimum Gasteiger partial charge on any atom is -0.309 e. The van der Waals surface area contributed by atoms with Crippen LogP contribution in [0.25, 0.3) is 0 Å². The van der Waals surface area contributed by atoms with Crippen LogP contribution in [0.1, 0.15) is 44.6 Å². The van der Waals surface area contributed by atoms with E-state index in [1.54, 1.807) is 18.4 Å². The zero-order valence-corrected chi connectivity index (χ0v) is 16.4. The first-order valence-electron chi connectivity index (χ1n) is 9.34. The van der Waals surface area contributed by atoms with Gasteiger partial charge in [-0.1, -0.05) is 43.2 Å². The lowest BCUT2D eigenvalue weighted by atomic mass is 9.86. The molecule has 0 aromatic heterocycles. The number of hydrogen-bond acceptors (Lipinski definition) is 3. The van der Waals surface area contributed by atoms with E-state index in [0.29, 0.717) is 12.6 Å². The van der Waals surface area contributed by atoms with E-state index >= 15 is 0 Å². The molecular weight excluding hydrogens is 334 g/mol. The van der Waals surface area contributed by atoms with Crippen LogP contribution < -0.4 is 5.32 Å². The summed E-state index contributed by atoms with van der Waals surface area (Å²) in [6.07, 6.45) is 6.06. The van der Waals surface area contributed by atoms with E-state index < -0.39 is 10.2 Å². The van der Waals surface area contributed by atoms with Crippen LogP contribution in [0.4, 0.5) is 0 Å². The van der Waals surface area contributed by atoms with Crippen molar-refractivity contribution in [3.63, 3.8) is 0 Å². The highest BCUT2D eigenvalue weighted by Gasteiger charge is 2.51. The standard InChI is InChI=1S/C19H31N3O2S/c1-19-15-17(14-16-10-6-4-7-11-16)20-18(19)12-8-5-9-13-22(19)25(23,24)21(2)3/h4,6-7,10-11,17-18,20H,5,8-9,12-15H2,1-3H3/t17-,18+,19+/m1/s1. The van der Waals surface area contributed by atoms with Gasteiger partial charge in [0.05, 0.1) is 5.54 Å². The molecule has 6 heteroatoms. The fraction of sp³-hybridized carbons (Fsp3) is 0.684. The highest BCUT2D eigenvalue weighted by molar-refractivity contribution is 7.86. The summed E-state index contributed by atoms with van der Waals surface area (Å²) in [4.78, 5) is 0. The fourth-order valence-electron chi connectivity index (χ4n) is 4.48. The highest BCUT2D eigenvalue weighted by Crippen LogP contribution is 2.39. The van der Waals surface area contributed by atoms with Gasteiger partial charge in [-0.3, -0.25) is 0 Å². The van der Waals surface area contributed by atoms with Gasteiger partial charge in [-0.25, -0.2) is 0 Å². The molecule has 2 aliphatic heterocycles. The van der Waals surface area contributed by atoms with Crippen molar-refractivity contribution < 1.29 is 8.42 Å². The Balaban J connectivity index is 1.86. The molecule has 3 rings (SSSR count). The third kappa shape index (κ3) is 3.77. The Kier molecular flexibility index (Phi) is 5.54. The smallest absolute Gasteiger partial charge is 0.282 e. The van der Waals surface area contributed by atoms with Crippen molar-refractivity contribution in [2.45, 2.75) is 63.1 Å². The van der Waals surface area contributed by atoms with Gasteiger partial charge in [0.1, 0.15) is 0 Å². The average Bonchev–Trinajstić information content (AvgIpc) is 2.84. The van der Waals surface area contributed by atoms with Crippen molar-refractivity contribution in [1.82, 2.24) is 13.9 Å². The molecule has 25 heavy (non-hydrogen) atoms. The molecule has 5 nitrogen and oxygen atoms in total. The second kappa shape index (κ2) is 7.35. The third-order valence-corrected chi connectivity index (χ3v) is 7.92. The number of nitrogens with one attached hydrogen (secondary N) is 1. The summed E-state index contributed by atoms with van der Waals surface area (Å²) < 4.78 is 29.1. The average molecular weight is 366 g/mol. The van der Waals surface area contributed by atoms with Crippen LogP contribution in [0.3, 0.4) is 0 Å². The molecule has 2 aliphatic rings. The van der Waals surface area contributed by atoms with Crippen LogP contribution in [0.5, 0.6) is 0 Å². The van der Waals surface area contributed by atoms with E-state index in [4.69, 9.17) is 0 Å². The highest BCUT2D eigenvalue weighted by atomic mass is 32.2. The Morgan fingerprint density at radius 3 is 2.60 bits per heavy atom. The molecule has 0 saturated carbocycles. The van der Waals surface area contributed by atoms with Crippen LogP contribution in [0.15, 0.2) is 30.3 Å². The Morgan fingerprint density at radius 2 is 1.92 bits per heavy atom. The monoisotopic (exact) mass is 365 g/mol. The molecule has 1 aromatic carbocycles. The summed E-state index contributed by atoms with van der Waals surface area (Å²) in [5.74, 6) is 0. The van der Waals surface area contributed by atoms with Gasteiger partial charge in [0.2, 0.25) is 0 Å². The second-order valence-electron chi connectivity index (χ2n) is 7.88. The lowest BCUT2D eigenvalue weighted by molar-refractivity contribution is 0.153. The van der Waals surface area contributed by atoms with E-state index in [1.807, 2.05) is 6.07 Å². The second-order valence-corrected chi connectivity index (χ2v) is 9.95. The van der Waals surface area contributed by atoms with Gasteiger partial charge < -0.3 is 5.32 Å². The van der Waals surface area contributed by atoms with Crippen molar-refractivity contribution in [2.24, 2.45) is 0 Å². The zero-order chi connectivity index (χ0) is 18.1. The largest absolute Gasteiger partial charge is 0.309 e. The van der Waals surface area contributed by atoms with Gasteiger partial charge in [-0.15, -0.1) is 0 Å².